The number of nitrogens with zero attached hydrogens (tertiary/aromatic N) is 3. The number of aliphatic imine (C=N–C) groups is 1. The molecule has 1 fully saturated rings. The van der Waals surface area contributed by atoms with E-state index in [1.165, 1.54) is 31.0 Å². The van der Waals surface area contributed by atoms with Gasteiger partial charge in [-0.15, -0.1) is 0 Å². The number of carbonyl (C=O) groups excluding carboxylic acids is 2. The van der Waals surface area contributed by atoms with Crippen LogP contribution in [0, 0.1) is 5.82 Å². The molecule has 0 bridgehead atoms. The van der Waals surface area contributed by atoms with Crippen LogP contribution in [0.25, 0.3) is 0 Å². The van der Waals surface area contributed by atoms with Gasteiger partial charge in [0.05, 0.1) is 30.3 Å². The number of halogens is 1. The fraction of sp³-hybridized carbons (Fsp3) is 0.435. The Morgan fingerprint density at radius 2 is 2.03 bits per heavy atom. The maximum Gasteiger partial charge on any atom is 0.338 e. The summed E-state index contributed by atoms with van der Waals surface area (Å²) < 4.78 is 24.6. The lowest BCUT2D eigenvalue weighted by Gasteiger charge is -2.36. The van der Waals surface area contributed by atoms with Crippen LogP contribution in [0.5, 0.6) is 0 Å². The van der Waals surface area contributed by atoms with E-state index in [9.17, 15) is 14.0 Å². The molecule has 0 aliphatic carbocycles. The van der Waals surface area contributed by atoms with Crippen molar-refractivity contribution in [3.8, 4) is 0 Å². The standard InChI is InChI=1S/C23H26FN3O4S/c1-15-20(22(29)31-11-10-30-2)21(16-6-5-7-17(24)12-16)27-18(14-32-23(27)25-15)13-19(28)26-8-3-4-9-26/h5-7,12,14,21H,3-4,8-11,13H2,1-2H3. The third-order valence-corrected chi connectivity index (χ3v) is 6.59. The first-order valence-corrected chi connectivity index (χ1v) is 11.5. The Labute approximate surface area is 190 Å². The summed E-state index contributed by atoms with van der Waals surface area (Å²) in [6, 6.07) is 5.52. The van der Waals surface area contributed by atoms with Crippen LogP contribution in [0.15, 0.2) is 51.6 Å². The summed E-state index contributed by atoms with van der Waals surface area (Å²) in [5.74, 6) is -0.885. The predicted molar refractivity (Wildman–Crippen MR) is 120 cm³/mol. The molecule has 3 aliphatic rings. The molecular formula is C23H26FN3O4S. The molecule has 4 rings (SSSR count). The largest absolute Gasteiger partial charge is 0.460 e. The summed E-state index contributed by atoms with van der Waals surface area (Å²) in [6.07, 6.45) is 2.23. The number of hydrogen-bond donors (Lipinski definition) is 0. The van der Waals surface area contributed by atoms with E-state index in [4.69, 9.17) is 9.47 Å². The molecule has 9 heteroatoms. The smallest absolute Gasteiger partial charge is 0.338 e. The van der Waals surface area contributed by atoms with Gasteiger partial charge in [-0.2, -0.15) is 0 Å². The second kappa shape index (κ2) is 9.87. The lowest BCUT2D eigenvalue weighted by molar-refractivity contribution is -0.141. The number of allylic oxidation sites excluding steroid dienone is 1. The number of fused-ring (bicyclic) bond motifs is 1. The number of amidine groups is 1. The molecule has 0 radical (unpaired) electrons. The maximum atomic E-state index is 14.2. The molecule has 3 aliphatic heterocycles. The predicted octanol–water partition coefficient (Wildman–Crippen LogP) is 3.60. The molecule has 3 heterocycles. The first-order valence-electron chi connectivity index (χ1n) is 10.6. The van der Waals surface area contributed by atoms with E-state index >= 15 is 0 Å². The van der Waals surface area contributed by atoms with E-state index in [1.807, 2.05) is 15.2 Å². The van der Waals surface area contributed by atoms with Crippen LogP contribution in [0.1, 0.15) is 37.8 Å². The zero-order valence-electron chi connectivity index (χ0n) is 18.2. The summed E-state index contributed by atoms with van der Waals surface area (Å²) in [4.78, 5) is 34.3. The van der Waals surface area contributed by atoms with Crippen LogP contribution in [-0.2, 0) is 19.1 Å². The molecule has 0 aromatic heterocycles. The third-order valence-electron chi connectivity index (χ3n) is 5.70. The highest BCUT2D eigenvalue weighted by molar-refractivity contribution is 8.16. The minimum absolute atomic E-state index is 0.0455. The van der Waals surface area contributed by atoms with Crippen molar-refractivity contribution < 1.29 is 23.5 Å². The van der Waals surface area contributed by atoms with E-state index in [2.05, 4.69) is 4.99 Å². The molecule has 1 aromatic rings. The van der Waals surface area contributed by atoms with Crippen molar-refractivity contribution in [3.05, 3.63) is 58.0 Å². The number of esters is 1. The highest BCUT2D eigenvalue weighted by Gasteiger charge is 2.41. The molecule has 1 atom stereocenters. The van der Waals surface area contributed by atoms with Gasteiger partial charge in [-0.3, -0.25) is 4.79 Å². The third kappa shape index (κ3) is 4.59. The number of rotatable bonds is 7. The average Bonchev–Trinajstić information content (AvgIpc) is 3.43. The van der Waals surface area contributed by atoms with E-state index in [0.29, 0.717) is 22.0 Å². The minimum atomic E-state index is -0.638. The summed E-state index contributed by atoms with van der Waals surface area (Å²) in [7, 11) is 1.53. The number of hydrogen-bond acceptors (Lipinski definition) is 7. The van der Waals surface area contributed by atoms with E-state index < -0.39 is 17.8 Å². The quantitative estimate of drug-likeness (QED) is 0.458. The van der Waals surface area contributed by atoms with E-state index in [1.54, 1.807) is 19.1 Å². The van der Waals surface area contributed by atoms with Crippen LogP contribution in [-0.4, -0.2) is 60.3 Å². The Balaban J connectivity index is 1.68. The number of ether oxygens (including phenoxy) is 2. The summed E-state index contributed by atoms with van der Waals surface area (Å²) in [5, 5.41) is 2.56. The van der Waals surface area contributed by atoms with E-state index in [0.717, 1.165) is 31.6 Å². The lowest BCUT2D eigenvalue weighted by atomic mass is 9.93. The SMILES string of the molecule is COCCOC(=O)C1=C(C)N=C2SC=C(CC(=O)N3CCCC3)N2C1c1cccc(F)c1. The van der Waals surface area contributed by atoms with Crippen molar-refractivity contribution in [2.75, 3.05) is 33.4 Å². The maximum absolute atomic E-state index is 14.2. The lowest BCUT2D eigenvalue weighted by Crippen LogP contribution is -2.38. The number of likely N-dealkylation sites (tertiary alicyclic amines) is 1. The van der Waals surface area contributed by atoms with Gasteiger partial charge >= 0.3 is 5.97 Å². The second-order valence-corrected chi connectivity index (χ2v) is 8.68. The van der Waals surface area contributed by atoms with Gasteiger partial charge in [-0.25, -0.2) is 14.2 Å². The van der Waals surface area contributed by atoms with E-state index in [-0.39, 0.29) is 25.5 Å². The fourth-order valence-corrected chi connectivity index (χ4v) is 5.12. The fourth-order valence-electron chi connectivity index (χ4n) is 4.15. The summed E-state index contributed by atoms with van der Waals surface area (Å²) in [6.45, 7) is 3.65. The van der Waals surface area contributed by atoms with Gasteiger partial charge < -0.3 is 19.3 Å². The zero-order valence-corrected chi connectivity index (χ0v) is 19.0. The molecule has 0 N–H and O–H groups in total. The number of carbonyl (C=O) groups is 2. The normalized spacial score (nSPS) is 20.3. The Kier molecular flexibility index (Phi) is 6.95. The van der Waals surface area contributed by atoms with Crippen LogP contribution in [0.4, 0.5) is 4.39 Å². The van der Waals surface area contributed by atoms with Crippen molar-refractivity contribution in [3.63, 3.8) is 0 Å². The van der Waals surface area contributed by atoms with Crippen LogP contribution in [0.3, 0.4) is 0 Å². The van der Waals surface area contributed by atoms with Crippen molar-refractivity contribution in [1.82, 2.24) is 9.80 Å². The highest BCUT2D eigenvalue weighted by Crippen LogP contribution is 2.45. The zero-order chi connectivity index (χ0) is 22.7. The molecular weight excluding hydrogens is 433 g/mol. The first kappa shape index (κ1) is 22.5. The monoisotopic (exact) mass is 459 g/mol. The van der Waals surface area contributed by atoms with Gasteiger partial charge in [0.25, 0.3) is 0 Å². The van der Waals surface area contributed by atoms with Crippen molar-refractivity contribution in [2.24, 2.45) is 4.99 Å². The molecule has 0 spiro atoms. The van der Waals surface area contributed by atoms with Crippen molar-refractivity contribution in [1.29, 1.82) is 0 Å². The number of thioether (sulfide) groups is 1. The van der Waals surface area contributed by atoms with Crippen LogP contribution >= 0.6 is 11.8 Å². The Morgan fingerprint density at radius 1 is 1.25 bits per heavy atom. The molecule has 7 nitrogen and oxygen atoms in total. The summed E-state index contributed by atoms with van der Waals surface area (Å²) >= 11 is 1.40. The van der Waals surface area contributed by atoms with Gasteiger partial charge in [-0.1, -0.05) is 23.9 Å². The number of methoxy groups -OCH3 is 1. The molecule has 1 unspecified atom stereocenters. The molecule has 32 heavy (non-hydrogen) atoms. The average molecular weight is 460 g/mol. The summed E-state index contributed by atoms with van der Waals surface area (Å²) in [5.41, 5.74) is 2.19. The van der Waals surface area contributed by atoms with Gasteiger partial charge in [0.1, 0.15) is 12.4 Å². The van der Waals surface area contributed by atoms with Crippen molar-refractivity contribution in [2.45, 2.75) is 32.2 Å². The molecule has 0 saturated carbocycles. The van der Waals surface area contributed by atoms with Gasteiger partial charge in [0.15, 0.2) is 5.17 Å². The van der Waals surface area contributed by atoms with Gasteiger partial charge in [-0.05, 0) is 42.9 Å². The topological polar surface area (TPSA) is 71.4 Å². The number of amides is 1. The molecule has 170 valence electrons. The van der Waals surface area contributed by atoms with Crippen LogP contribution < -0.4 is 0 Å². The molecule has 1 aromatic carbocycles. The van der Waals surface area contributed by atoms with Gasteiger partial charge in [0, 0.05) is 25.9 Å². The second-order valence-electron chi connectivity index (χ2n) is 7.84. The Morgan fingerprint density at radius 3 is 2.75 bits per heavy atom. The molecule has 1 saturated heterocycles. The molecule has 1 amide bonds. The Hall–Kier alpha value is -2.65. The van der Waals surface area contributed by atoms with Crippen molar-refractivity contribution >= 4 is 28.8 Å². The number of benzene rings is 1. The Bertz CT molecular complexity index is 1000. The first-order chi connectivity index (χ1) is 15.5. The minimum Gasteiger partial charge on any atom is -0.460 e. The highest BCUT2D eigenvalue weighted by atomic mass is 32.2. The van der Waals surface area contributed by atoms with Gasteiger partial charge in [0.2, 0.25) is 5.91 Å². The van der Waals surface area contributed by atoms with Crippen LogP contribution in [0.2, 0.25) is 0 Å².